The van der Waals surface area contributed by atoms with Crippen LogP contribution < -0.4 is 9.64 Å². The topological polar surface area (TPSA) is 29.5 Å². The Hall–Kier alpha value is -2.02. The molecule has 0 saturated heterocycles. The lowest BCUT2D eigenvalue weighted by Crippen LogP contribution is -2.50. The number of nitrogens with zero attached hydrogens (tertiary/aromatic N) is 1. The van der Waals surface area contributed by atoms with E-state index in [1.165, 1.54) is 24.8 Å². The second-order valence-corrected chi connectivity index (χ2v) is 6.83. The zero-order chi connectivity index (χ0) is 17.7. The molecule has 1 amide bonds. The summed E-state index contributed by atoms with van der Waals surface area (Å²) in [5.74, 6) is -0.331. The fraction of sp³-hybridized carbons (Fsp3) is 0.235. The second-order valence-electron chi connectivity index (χ2n) is 5.91. The van der Waals surface area contributed by atoms with E-state index in [0.717, 1.165) is 16.6 Å². The lowest BCUT2D eigenvalue weighted by molar-refractivity contribution is -0.137. The molecule has 0 saturated carbocycles. The van der Waals surface area contributed by atoms with Crippen LogP contribution in [-0.2, 0) is 11.0 Å². The van der Waals surface area contributed by atoms with Crippen LogP contribution in [0.5, 0.6) is 5.75 Å². The van der Waals surface area contributed by atoms with Crippen LogP contribution in [0, 0.1) is 0 Å². The predicted molar refractivity (Wildman–Crippen MR) is 87.4 cm³/mol. The van der Waals surface area contributed by atoms with Gasteiger partial charge in [-0.1, -0.05) is 22.0 Å². The van der Waals surface area contributed by atoms with Gasteiger partial charge in [0.1, 0.15) is 5.75 Å². The van der Waals surface area contributed by atoms with Gasteiger partial charge < -0.3 is 4.74 Å². The molecule has 3 rings (SSSR count). The maximum absolute atomic E-state index is 13.0. The van der Waals surface area contributed by atoms with E-state index >= 15 is 0 Å². The summed E-state index contributed by atoms with van der Waals surface area (Å²) in [5.41, 5.74) is -1.27. The van der Waals surface area contributed by atoms with Crippen LogP contribution in [0.3, 0.4) is 0 Å². The molecule has 0 aromatic heterocycles. The Morgan fingerprint density at radius 2 is 1.83 bits per heavy atom. The maximum atomic E-state index is 13.0. The number of carbonyl (C=O) groups excluding carboxylic acids is 1. The van der Waals surface area contributed by atoms with Crippen molar-refractivity contribution in [3.05, 3.63) is 52.5 Å². The molecule has 126 valence electrons. The van der Waals surface area contributed by atoms with Gasteiger partial charge in [-0.2, -0.15) is 13.2 Å². The monoisotopic (exact) mass is 399 g/mol. The zero-order valence-corrected chi connectivity index (χ0v) is 14.4. The van der Waals surface area contributed by atoms with Crippen molar-refractivity contribution in [1.29, 1.82) is 0 Å². The lowest BCUT2D eigenvalue weighted by atomic mass is 10.0. The highest BCUT2D eigenvalue weighted by Gasteiger charge is 2.43. The van der Waals surface area contributed by atoms with Gasteiger partial charge in [0.2, 0.25) is 0 Å². The zero-order valence-electron chi connectivity index (χ0n) is 12.8. The number of amides is 1. The van der Waals surface area contributed by atoms with Crippen molar-refractivity contribution in [3.63, 3.8) is 0 Å². The molecule has 0 spiro atoms. The third-order valence-corrected chi connectivity index (χ3v) is 4.17. The van der Waals surface area contributed by atoms with E-state index in [1.54, 1.807) is 24.3 Å². The molecule has 0 radical (unpaired) electrons. The molecule has 24 heavy (non-hydrogen) atoms. The molecule has 1 heterocycles. The molecule has 0 bridgehead atoms. The van der Waals surface area contributed by atoms with E-state index in [1.807, 2.05) is 0 Å². The highest BCUT2D eigenvalue weighted by atomic mass is 79.9. The number of rotatable bonds is 1. The molecule has 7 heteroatoms. The van der Waals surface area contributed by atoms with Crippen LogP contribution in [0.25, 0.3) is 0 Å². The minimum Gasteiger partial charge on any atom is -0.476 e. The summed E-state index contributed by atoms with van der Waals surface area (Å²) in [6, 6.07) is 10.1. The van der Waals surface area contributed by atoms with E-state index in [0.29, 0.717) is 5.69 Å². The summed E-state index contributed by atoms with van der Waals surface area (Å²) in [7, 11) is 0. The van der Waals surface area contributed by atoms with Crippen molar-refractivity contribution in [2.75, 3.05) is 4.90 Å². The molecule has 0 fully saturated rings. The summed E-state index contributed by atoms with van der Waals surface area (Å²) in [6.07, 6.45) is -4.48. The first-order valence-electron chi connectivity index (χ1n) is 7.10. The van der Waals surface area contributed by atoms with Crippen LogP contribution in [0.15, 0.2) is 46.9 Å². The first-order valence-corrected chi connectivity index (χ1v) is 7.89. The molecular formula is C17H13BrF3NO2. The standard InChI is InChI=1S/C17H13BrF3NO2/c1-16(2)15(23)22(12-5-3-4-11(18)9-12)13-7-6-10(17(19,20)21)8-14(13)24-16/h3-9H,1-2H3. The molecule has 1 aliphatic heterocycles. The van der Waals surface area contributed by atoms with Gasteiger partial charge in [0.15, 0.2) is 5.60 Å². The van der Waals surface area contributed by atoms with Gasteiger partial charge in [0.25, 0.3) is 5.91 Å². The Balaban J connectivity index is 2.19. The molecular weight excluding hydrogens is 387 g/mol. The Morgan fingerprint density at radius 3 is 2.46 bits per heavy atom. The minimum atomic E-state index is -4.48. The highest BCUT2D eigenvalue weighted by molar-refractivity contribution is 9.10. The van der Waals surface area contributed by atoms with Gasteiger partial charge in [-0.25, -0.2) is 0 Å². The number of hydrogen-bond donors (Lipinski definition) is 0. The number of halogens is 4. The summed E-state index contributed by atoms with van der Waals surface area (Å²) in [5, 5.41) is 0. The van der Waals surface area contributed by atoms with Crippen LogP contribution in [0.2, 0.25) is 0 Å². The van der Waals surface area contributed by atoms with E-state index in [2.05, 4.69) is 15.9 Å². The number of anilines is 2. The van der Waals surface area contributed by atoms with Crippen molar-refractivity contribution >= 4 is 33.2 Å². The Kier molecular flexibility index (Phi) is 3.86. The van der Waals surface area contributed by atoms with E-state index in [-0.39, 0.29) is 17.3 Å². The second kappa shape index (κ2) is 5.51. The minimum absolute atomic E-state index is 0.0226. The van der Waals surface area contributed by atoms with Crippen LogP contribution in [-0.4, -0.2) is 11.5 Å². The summed E-state index contributed by atoms with van der Waals surface area (Å²) < 4.78 is 45.2. The number of hydrogen-bond acceptors (Lipinski definition) is 2. The molecule has 0 unspecified atom stereocenters. The van der Waals surface area contributed by atoms with Gasteiger partial charge in [-0.15, -0.1) is 0 Å². The SMILES string of the molecule is CC1(C)Oc2cc(C(F)(F)F)ccc2N(c2cccc(Br)c2)C1=O. The third kappa shape index (κ3) is 2.88. The van der Waals surface area contributed by atoms with Crippen LogP contribution in [0.1, 0.15) is 19.4 Å². The highest BCUT2D eigenvalue weighted by Crippen LogP contribution is 2.44. The van der Waals surface area contributed by atoms with Crippen molar-refractivity contribution in [2.45, 2.75) is 25.6 Å². The Bertz CT molecular complexity index is 818. The van der Waals surface area contributed by atoms with Crippen molar-refractivity contribution in [1.82, 2.24) is 0 Å². The molecule has 0 N–H and O–H groups in total. The fourth-order valence-corrected chi connectivity index (χ4v) is 2.91. The number of carbonyl (C=O) groups is 1. The molecule has 0 atom stereocenters. The number of fused-ring (bicyclic) bond motifs is 1. The summed E-state index contributed by atoms with van der Waals surface area (Å²) >= 11 is 3.34. The maximum Gasteiger partial charge on any atom is 0.416 e. The lowest BCUT2D eigenvalue weighted by Gasteiger charge is -2.39. The summed E-state index contributed by atoms with van der Waals surface area (Å²) in [6.45, 7) is 3.06. The average molecular weight is 400 g/mol. The Morgan fingerprint density at radius 1 is 1.12 bits per heavy atom. The van der Waals surface area contributed by atoms with E-state index in [9.17, 15) is 18.0 Å². The molecule has 1 aliphatic rings. The number of alkyl halides is 3. The quantitative estimate of drug-likeness (QED) is 0.650. The Labute approximate surface area is 145 Å². The van der Waals surface area contributed by atoms with E-state index < -0.39 is 17.3 Å². The largest absolute Gasteiger partial charge is 0.476 e. The van der Waals surface area contributed by atoms with Crippen LogP contribution in [0.4, 0.5) is 24.5 Å². The number of benzene rings is 2. The third-order valence-electron chi connectivity index (χ3n) is 3.68. The molecule has 3 nitrogen and oxygen atoms in total. The van der Waals surface area contributed by atoms with E-state index in [4.69, 9.17) is 4.74 Å². The van der Waals surface area contributed by atoms with Gasteiger partial charge in [0, 0.05) is 4.47 Å². The normalized spacial score (nSPS) is 16.6. The van der Waals surface area contributed by atoms with Crippen molar-refractivity contribution in [2.24, 2.45) is 0 Å². The van der Waals surface area contributed by atoms with Crippen LogP contribution >= 0.6 is 15.9 Å². The fourth-order valence-electron chi connectivity index (χ4n) is 2.53. The van der Waals surface area contributed by atoms with Gasteiger partial charge in [-0.3, -0.25) is 9.69 Å². The smallest absolute Gasteiger partial charge is 0.416 e. The first kappa shape index (κ1) is 16.8. The molecule has 2 aromatic carbocycles. The van der Waals surface area contributed by atoms with Gasteiger partial charge >= 0.3 is 6.18 Å². The van der Waals surface area contributed by atoms with Crippen molar-refractivity contribution < 1.29 is 22.7 Å². The van der Waals surface area contributed by atoms with Crippen molar-refractivity contribution in [3.8, 4) is 5.75 Å². The average Bonchev–Trinajstić information content (AvgIpc) is 2.46. The first-order chi connectivity index (χ1) is 11.1. The predicted octanol–water partition coefficient (Wildman–Crippen LogP) is 5.30. The molecule has 2 aromatic rings. The molecule has 0 aliphatic carbocycles. The van der Waals surface area contributed by atoms with Gasteiger partial charge in [-0.05, 0) is 50.2 Å². The summed E-state index contributed by atoms with van der Waals surface area (Å²) in [4.78, 5) is 14.1. The van der Waals surface area contributed by atoms with Gasteiger partial charge in [0.05, 0.1) is 16.9 Å². The number of ether oxygens (including phenoxy) is 1.